The lowest BCUT2D eigenvalue weighted by Gasteiger charge is -2.37. The summed E-state index contributed by atoms with van der Waals surface area (Å²) in [5, 5.41) is 3.11. The van der Waals surface area contributed by atoms with E-state index in [1.54, 1.807) is 0 Å². The highest BCUT2D eigenvalue weighted by Gasteiger charge is 2.34. The predicted molar refractivity (Wildman–Crippen MR) is 124 cm³/mol. The molecule has 1 N–H and O–H groups in total. The number of carbonyl (C=O) groups excluding carboxylic acids is 1. The van der Waals surface area contributed by atoms with Crippen LogP contribution in [0.15, 0.2) is 48.5 Å². The number of ether oxygens (including phenoxy) is 1. The SMILES string of the molecule is CCc1ccc(N(CCCC(=O)NC2CC(C)(C)Oc3ccccc32)S(C)(=O)=O)cc1. The van der Waals surface area contributed by atoms with Crippen LogP contribution in [0.3, 0.4) is 0 Å². The molecule has 3 rings (SSSR count). The summed E-state index contributed by atoms with van der Waals surface area (Å²) in [5.74, 6) is 0.704. The van der Waals surface area contributed by atoms with Gasteiger partial charge in [-0.3, -0.25) is 9.10 Å². The van der Waals surface area contributed by atoms with Gasteiger partial charge in [0, 0.05) is 24.9 Å². The van der Waals surface area contributed by atoms with Crippen molar-refractivity contribution >= 4 is 21.6 Å². The smallest absolute Gasteiger partial charge is 0.232 e. The van der Waals surface area contributed by atoms with Crippen molar-refractivity contribution in [2.24, 2.45) is 0 Å². The highest BCUT2D eigenvalue weighted by atomic mass is 32.2. The van der Waals surface area contributed by atoms with Gasteiger partial charge in [-0.1, -0.05) is 37.3 Å². The maximum atomic E-state index is 12.7. The third-order valence-corrected chi connectivity index (χ3v) is 6.70. The molecule has 0 saturated heterocycles. The molecule has 1 aliphatic heterocycles. The van der Waals surface area contributed by atoms with Crippen LogP contribution in [0.1, 0.15) is 57.2 Å². The van der Waals surface area contributed by atoms with Crippen LogP contribution in [0, 0.1) is 0 Å². The third-order valence-electron chi connectivity index (χ3n) is 5.51. The fourth-order valence-corrected chi connectivity index (χ4v) is 4.93. The van der Waals surface area contributed by atoms with Crippen LogP contribution in [0.2, 0.25) is 0 Å². The maximum absolute atomic E-state index is 12.7. The Hall–Kier alpha value is -2.54. The topological polar surface area (TPSA) is 75.7 Å². The molecule has 2 aromatic carbocycles. The summed E-state index contributed by atoms with van der Waals surface area (Å²) in [6, 6.07) is 15.1. The first-order chi connectivity index (χ1) is 14.6. The first-order valence-electron chi connectivity index (χ1n) is 10.7. The zero-order valence-electron chi connectivity index (χ0n) is 18.7. The van der Waals surface area contributed by atoms with Gasteiger partial charge in [-0.05, 0) is 50.5 Å². The van der Waals surface area contributed by atoms with E-state index in [1.165, 1.54) is 10.6 Å². The van der Waals surface area contributed by atoms with E-state index >= 15 is 0 Å². The molecule has 1 atom stereocenters. The molecule has 0 saturated carbocycles. The Morgan fingerprint density at radius 3 is 2.48 bits per heavy atom. The van der Waals surface area contributed by atoms with Gasteiger partial charge < -0.3 is 10.1 Å². The summed E-state index contributed by atoms with van der Waals surface area (Å²) >= 11 is 0. The van der Waals surface area contributed by atoms with Gasteiger partial charge in [0.1, 0.15) is 11.4 Å². The molecular weight excluding hydrogens is 412 g/mol. The Balaban J connectivity index is 1.62. The first kappa shape index (κ1) is 23.1. The van der Waals surface area contributed by atoms with Crippen molar-refractivity contribution in [1.29, 1.82) is 0 Å². The van der Waals surface area contributed by atoms with E-state index in [4.69, 9.17) is 4.74 Å². The number of hydrogen-bond acceptors (Lipinski definition) is 4. The number of hydrogen-bond donors (Lipinski definition) is 1. The highest BCUT2D eigenvalue weighted by molar-refractivity contribution is 7.92. The summed E-state index contributed by atoms with van der Waals surface area (Å²) in [6.45, 7) is 6.33. The lowest BCUT2D eigenvalue weighted by molar-refractivity contribution is -0.122. The highest BCUT2D eigenvalue weighted by Crippen LogP contribution is 2.39. The number of nitrogens with one attached hydrogen (secondary N) is 1. The molecule has 2 aromatic rings. The van der Waals surface area contributed by atoms with Gasteiger partial charge >= 0.3 is 0 Å². The van der Waals surface area contributed by atoms with Crippen molar-refractivity contribution < 1.29 is 17.9 Å². The van der Waals surface area contributed by atoms with E-state index in [0.29, 0.717) is 18.5 Å². The number of nitrogens with zero attached hydrogens (tertiary/aromatic N) is 1. The van der Waals surface area contributed by atoms with E-state index < -0.39 is 10.0 Å². The Labute approximate surface area is 185 Å². The number of fused-ring (bicyclic) bond motifs is 1. The average Bonchev–Trinajstić information content (AvgIpc) is 2.69. The minimum atomic E-state index is -3.43. The molecule has 7 heteroatoms. The zero-order valence-corrected chi connectivity index (χ0v) is 19.5. The van der Waals surface area contributed by atoms with E-state index in [1.807, 2.05) is 62.4 Å². The van der Waals surface area contributed by atoms with Crippen LogP contribution >= 0.6 is 0 Å². The van der Waals surface area contributed by atoms with E-state index in [9.17, 15) is 13.2 Å². The van der Waals surface area contributed by atoms with Crippen LogP contribution < -0.4 is 14.4 Å². The second-order valence-electron chi connectivity index (χ2n) is 8.68. The van der Waals surface area contributed by atoms with Crippen molar-refractivity contribution in [3.05, 3.63) is 59.7 Å². The first-order valence-corrected chi connectivity index (χ1v) is 12.6. The van der Waals surface area contributed by atoms with Gasteiger partial charge in [0.15, 0.2) is 0 Å². The summed E-state index contributed by atoms with van der Waals surface area (Å²) in [6.07, 6.45) is 3.45. The third kappa shape index (κ3) is 6.00. The molecule has 0 bridgehead atoms. The summed E-state index contributed by atoms with van der Waals surface area (Å²) < 4.78 is 32.0. The lowest BCUT2D eigenvalue weighted by atomic mass is 9.89. The molecule has 0 fully saturated rings. The van der Waals surface area contributed by atoms with Crippen molar-refractivity contribution in [2.75, 3.05) is 17.1 Å². The Morgan fingerprint density at radius 2 is 1.84 bits per heavy atom. The Bertz CT molecular complexity index is 1020. The number of rotatable bonds is 8. The van der Waals surface area contributed by atoms with Crippen molar-refractivity contribution in [2.45, 2.75) is 58.1 Å². The van der Waals surface area contributed by atoms with Crippen LogP contribution in [-0.4, -0.2) is 32.7 Å². The van der Waals surface area contributed by atoms with Crippen molar-refractivity contribution in [3.63, 3.8) is 0 Å². The number of carbonyl (C=O) groups is 1. The average molecular weight is 445 g/mol. The predicted octanol–water partition coefficient (Wildman–Crippen LogP) is 4.21. The van der Waals surface area contributed by atoms with Crippen LogP contribution in [0.5, 0.6) is 5.75 Å². The number of benzene rings is 2. The quantitative estimate of drug-likeness (QED) is 0.662. The molecule has 1 amide bonds. The summed E-state index contributed by atoms with van der Waals surface area (Å²) in [7, 11) is -3.43. The van der Waals surface area contributed by atoms with Gasteiger partial charge in [0.25, 0.3) is 0 Å². The molecule has 6 nitrogen and oxygen atoms in total. The number of amides is 1. The molecule has 1 unspecified atom stereocenters. The fraction of sp³-hybridized carbons (Fsp3) is 0.458. The Kier molecular flexibility index (Phi) is 6.94. The molecule has 0 aliphatic carbocycles. The van der Waals surface area contributed by atoms with E-state index in [2.05, 4.69) is 12.2 Å². The van der Waals surface area contributed by atoms with Crippen molar-refractivity contribution in [1.82, 2.24) is 5.32 Å². The van der Waals surface area contributed by atoms with Gasteiger partial charge in [0.2, 0.25) is 15.9 Å². The van der Waals surface area contributed by atoms with Gasteiger partial charge in [-0.25, -0.2) is 8.42 Å². The standard InChI is InChI=1S/C24H32N2O4S/c1-5-18-12-14-19(15-13-18)26(31(4,28)29)16-8-11-23(27)25-21-17-24(2,3)30-22-10-7-6-9-20(21)22/h6-7,9-10,12-15,21H,5,8,11,16-17H2,1-4H3,(H,25,27). The number of sulfonamides is 1. The number of para-hydroxylation sites is 1. The molecule has 1 heterocycles. The zero-order chi connectivity index (χ0) is 22.6. The minimum absolute atomic E-state index is 0.0905. The maximum Gasteiger partial charge on any atom is 0.232 e. The monoisotopic (exact) mass is 444 g/mol. The molecule has 0 spiro atoms. The van der Waals surface area contributed by atoms with E-state index in [0.717, 1.165) is 23.3 Å². The molecular formula is C24H32N2O4S. The van der Waals surface area contributed by atoms with E-state index in [-0.39, 0.29) is 30.5 Å². The molecule has 0 radical (unpaired) electrons. The molecule has 31 heavy (non-hydrogen) atoms. The normalized spacial score (nSPS) is 17.4. The van der Waals surface area contributed by atoms with Gasteiger partial charge in [-0.2, -0.15) is 0 Å². The van der Waals surface area contributed by atoms with Crippen LogP contribution in [0.4, 0.5) is 5.69 Å². The minimum Gasteiger partial charge on any atom is -0.487 e. The molecule has 168 valence electrons. The second-order valence-corrected chi connectivity index (χ2v) is 10.6. The second kappa shape index (κ2) is 9.30. The number of anilines is 1. The Morgan fingerprint density at radius 1 is 1.16 bits per heavy atom. The summed E-state index contributed by atoms with van der Waals surface area (Å²) in [4.78, 5) is 12.7. The van der Waals surface area contributed by atoms with Gasteiger partial charge in [0.05, 0.1) is 18.0 Å². The van der Waals surface area contributed by atoms with Crippen molar-refractivity contribution in [3.8, 4) is 5.75 Å². The molecule has 1 aliphatic rings. The lowest BCUT2D eigenvalue weighted by Crippen LogP contribution is -2.41. The molecule has 0 aromatic heterocycles. The largest absolute Gasteiger partial charge is 0.487 e. The number of aryl methyl sites for hydroxylation is 1. The summed E-state index contributed by atoms with van der Waals surface area (Å²) in [5.41, 5.74) is 2.38. The van der Waals surface area contributed by atoms with Crippen LogP contribution in [0.25, 0.3) is 0 Å². The van der Waals surface area contributed by atoms with Gasteiger partial charge in [-0.15, -0.1) is 0 Å². The van der Waals surface area contributed by atoms with Crippen LogP contribution in [-0.2, 0) is 21.2 Å². The fourth-order valence-electron chi connectivity index (χ4n) is 3.97.